The van der Waals surface area contributed by atoms with Crippen LogP contribution in [-0.2, 0) is 9.59 Å². The molecule has 0 spiro atoms. The zero-order valence-corrected chi connectivity index (χ0v) is 14.7. The molecule has 0 atom stereocenters. The molecule has 0 bridgehead atoms. The van der Waals surface area contributed by atoms with Crippen LogP contribution in [0.1, 0.15) is 5.56 Å². The topological polar surface area (TPSA) is 49.4 Å². The molecule has 2 aromatic carbocycles. The minimum Gasteiger partial charge on any atom is -0.349 e. The summed E-state index contributed by atoms with van der Waals surface area (Å²) < 4.78 is 0. The Hall–Kier alpha value is -2.01. The van der Waals surface area contributed by atoms with E-state index in [1.54, 1.807) is 36.4 Å². The molecule has 0 unspecified atom stereocenters. The first-order valence-electron chi connectivity index (χ1n) is 6.96. The van der Waals surface area contributed by atoms with E-state index in [1.165, 1.54) is 6.07 Å². The summed E-state index contributed by atoms with van der Waals surface area (Å²) >= 11 is 17.9. The van der Waals surface area contributed by atoms with Gasteiger partial charge in [0.25, 0.3) is 11.8 Å². The SMILES string of the molecule is Cc1cc(Cl)ccc1NC1=C(Cl)C(=O)N(c2cccc(Cl)c2)C1=O. The van der Waals surface area contributed by atoms with Crippen LogP contribution in [0.4, 0.5) is 11.4 Å². The Morgan fingerprint density at radius 1 is 0.917 bits per heavy atom. The van der Waals surface area contributed by atoms with Crippen molar-refractivity contribution in [3.8, 4) is 0 Å². The predicted molar refractivity (Wildman–Crippen MR) is 96.6 cm³/mol. The summed E-state index contributed by atoms with van der Waals surface area (Å²) in [5.41, 5.74) is 1.84. The van der Waals surface area contributed by atoms with Crippen molar-refractivity contribution in [3.63, 3.8) is 0 Å². The van der Waals surface area contributed by atoms with Crippen LogP contribution in [0, 0.1) is 6.92 Å². The largest absolute Gasteiger partial charge is 0.349 e. The number of anilines is 2. The molecule has 2 amide bonds. The van der Waals surface area contributed by atoms with Crippen LogP contribution in [0.15, 0.2) is 53.2 Å². The van der Waals surface area contributed by atoms with Crippen molar-refractivity contribution in [2.45, 2.75) is 6.92 Å². The Morgan fingerprint density at radius 2 is 1.62 bits per heavy atom. The van der Waals surface area contributed by atoms with Gasteiger partial charge in [0.15, 0.2) is 0 Å². The van der Waals surface area contributed by atoms with E-state index in [0.717, 1.165) is 10.5 Å². The van der Waals surface area contributed by atoms with Gasteiger partial charge in [-0.05, 0) is 48.9 Å². The third kappa shape index (κ3) is 3.00. The van der Waals surface area contributed by atoms with Crippen molar-refractivity contribution in [3.05, 3.63) is 68.8 Å². The Labute approximate surface area is 153 Å². The molecule has 3 rings (SSSR count). The molecule has 0 saturated carbocycles. The van der Waals surface area contributed by atoms with Gasteiger partial charge in [-0.2, -0.15) is 0 Å². The first-order chi connectivity index (χ1) is 11.4. The number of aryl methyl sites for hydroxylation is 1. The summed E-state index contributed by atoms with van der Waals surface area (Å²) in [6.45, 7) is 1.83. The molecule has 4 nitrogen and oxygen atoms in total. The molecule has 0 aliphatic carbocycles. The number of halogens is 3. The monoisotopic (exact) mass is 380 g/mol. The minimum atomic E-state index is -0.599. The standard InChI is InChI=1S/C17H11Cl3N2O2/c1-9-7-11(19)5-6-13(9)21-15-14(20)16(23)22(17(15)24)12-4-2-3-10(18)8-12/h2-8,21H,1H3. The Kier molecular flexibility index (Phi) is 4.54. The predicted octanol–water partition coefficient (Wildman–Crippen LogP) is 4.74. The lowest BCUT2D eigenvalue weighted by Crippen LogP contribution is -2.32. The van der Waals surface area contributed by atoms with E-state index in [0.29, 0.717) is 21.4 Å². The highest BCUT2D eigenvalue weighted by Gasteiger charge is 2.39. The number of nitrogens with one attached hydrogen (secondary N) is 1. The lowest BCUT2D eigenvalue weighted by Gasteiger charge is -2.15. The van der Waals surface area contributed by atoms with Crippen molar-refractivity contribution < 1.29 is 9.59 Å². The average molecular weight is 382 g/mol. The molecule has 2 aromatic rings. The molecule has 0 saturated heterocycles. The highest BCUT2D eigenvalue weighted by molar-refractivity contribution is 6.53. The molecule has 24 heavy (non-hydrogen) atoms. The lowest BCUT2D eigenvalue weighted by atomic mass is 10.2. The van der Waals surface area contributed by atoms with Crippen molar-refractivity contribution in [2.24, 2.45) is 0 Å². The number of carbonyl (C=O) groups excluding carboxylic acids is 2. The van der Waals surface area contributed by atoms with E-state index in [1.807, 2.05) is 6.92 Å². The van der Waals surface area contributed by atoms with E-state index in [2.05, 4.69) is 5.32 Å². The summed E-state index contributed by atoms with van der Waals surface area (Å²) in [6.07, 6.45) is 0. The fraction of sp³-hybridized carbons (Fsp3) is 0.0588. The van der Waals surface area contributed by atoms with Crippen molar-refractivity contribution in [2.75, 3.05) is 10.2 Å². The van der Waals surface area contributed by atoms with E-state index >= 15 is 0 Å². The molecule has 1 aliphatic rings. The van der Waals surface area contributed by atoms with Gasteiger partial charge in [-0.25, -0.2) is 4.90 Å². The second kappa shape index (κ2) is 6.48. The van der Waals surface area contributed by atoms with Gasteiger partial charge in [0, 0.05) is 15.7 Å². The van der Waals surface area contributed by atoms with E-state index in [-0.39, 0.29) is 10.7 Å². The number of hydrogen-bond acceptors (Lipinski definition) is 3. The summed E-state index contributed by atoms with van der Waals surface area (Å²) in [6, 6.07) is 11.6. The Balaban J connectivity index is 1.95. The molecule has 0 radical (unpaired) electrons. The Morgan fingerprint density at radius 3 is 2.29 bits per heavy atom. The second-order valence-electron chi connectivity index (χ2n) is 5.20. The van der Waals surface area contributed by atoms with Gasteiger partial charge >= 0.3 is 0 Å². The average Bonchev–Trinajstić information content (AvgIpc) is 2.73. The summed E-state index contributed by atoms with van der Waals surface area (Å²) in [7, 11) is 0. The van der Waals surface area contributed by atoms with Crippen molar-refractivity contribution >= 4 is 58.0 Å². The van der Waals surface area contributed by atoms with Crippen molar-refractivity contribution in [1.82, 2.24) is 0 Å². The van der Waals surface area contributed by atoms with E-state index < -0.39 is 11.8 Å². The van der Waals surface area contributed by atoms with Crippen LogP contribution < -0.4 is 10.2 Å². The smallest absolute Gasteiger partial charge is 0.283 e. The zero-order valence-electron chi connectivity index (χ0n) is 12.4. The molecule has 1 heterocycles. The fourth-order valence-corrected chi connectivity index (χ4v) is 2.99. The fourth-order valence-electron chi connectivity index (χ4n) is 2.36. The van der Waals surface area contributed by atoms with Gasteiger partial charge in [0.05, 0.1) is 5.69 Å². The Bertz CT molecular complexity index is 893. The van der Waals surface area contributed by atoms with Gasteiger partial charge < -0.3 is 5.32 Å². The maximum absolute atomic E-state index is 12.7. The van der Waals surface area contributed by atoms with Crippen molar-refractivity contribution in [1.29, 1.82) is 0 Å². The van der Waals surface area contributed by atoms with Gasteiger partial charge in [0.2, 0.25) is 0 Å². The van der Waals surface area contributed by atoms with Crippen LogP contribution in [0.25, 0.3) is 0 Å². The molecular weight excluding hydrogens is 371 g/mol. The van der Waals surface area contributed by atoms with Crippen LogP contribution in [0.3, 0.4) is 0 Å². The second-order valence-corrected chi connectivity index (χ2v) is 6.45. The molecule has 1 N–H and O–H groups in total. The van der Waals surface area contributed by atoms with Crippen LogP contribution in [0.2, 0.25) is 10.0 Å². The van der Waals surface area contributed by atoms with Gasteiger partial charge in [-0.15, -0.1) is 0 Å². The maximum Gasteiger partial charge on any atom is 0.283 e. The normalized spacial score (nSPS) is 14.6. The molecule has 7 heteroatoms. The van der Waals surface area contributed by atoms with Crippen LogP contribution >= 0.6 is 34.8 Å². The zero-order chi connectivity index (χ0) is 17.4. The summed E-state index contributed by atoms with van der Waals surface area (Å²) in [5, 5.41) is 3.75. The van der Waals surface area contributed by atoms with E-state index in [4.69, 9.17) is 34.8 Å². The van der Waals surface area contributed by atoms with Gasteiger partial charge in [-0.3, -0.25) is 9.59 Å². The lowest BCUT2D eigenvalue weighted by molar-refractivity contribution is -0.120. The molecule has 0 aromatic heterocycles. The molecule has 1 aliphatic heterocycles. The number of hydrogen-bond donors (Lipinski definition) is 1. The number of imide groups is 1. The van der Waals surface area contributed by atoms with Crippen LogP contribution in [0.5, 0.6) is 0 Å². The summed E-state index contributed by atoms with van der Waals surface area (Å²) in [4.78, 5) is 26.0. The number of benzene rings is 2. The third-order valence-corrected chi connectivity index (χ3v) is 4.36. The summed E-state index contributed by atoms with van der Waals surface area (Å²) in [5.74, 6) is -1.14. The van der Waals surface area contributed by atoms with Gasteiger partial charge in [-0.1, -0.05) is 40.9 Å². The highest BCUT2D eigenvalue weighted by Crippen LogP contribution is 2.32. The number of amides is 2. The van der Waals surface area contributed by atoms with Crippen LogP contribution in [-0.4, -0.2) is 11.8 Å². The highest BCUT2D eigenvalue weighted by atomic mass is 35.5. The first kappa shape index (κ1) is 16.8. The quantitative estimate of drug-likeness (QED) is 0.781. The van der Waals surface area contributed by atoms with Gasteiger partial charge in [0.1, 0.15) is 10.7 Å². The maximum atomic E-state index is 12.7. The molecule has 0 fully saturated rings. The van der Waals surface area contributed by atoms with E-state index in [9.17, 15) is 9.59 Å². The molecule has 122 valence electrons. The number of rotatable bonds is 3. The minimum absolute atomic E-state index is 0.0204. The number of nitrogens with zero attached hydrogens (tertiary/aromatic N) is 1. The first-order valence-corrected chi connectivity index (χ1v) is 8.09. The number of carbonyl (C=O) groups is 2. The third-order valence-electron chi connectivity index (χ3n) is 3.54. The molecular formula is C17H11Cl3N2O2.